The van der Waals surface area contributed by atoms with Gasteiger partial charge in [0.25, 0.3) is 5.91 Å². The summed E-state index contributed by atoms with van der Waals surface area (Å²) in [5.41, 5.74) is 3.25. The Labute approximate surface area is 160 Å². The van der Waals surface area contributed by atoms with Crippen LogP contribution >= 0.6 is 0 Å². The van der Waals surface area contributed by atoms with Gasteiger partial charge >= 0.3 is 0 Å². The molecule has 0 bridgehead atoms. The molecule has 0 unspecified atom stereocenters. The van der Waals surface area contributed by atoms with E-state index in [2.05, 4.69) is 20.9 Å². The quantitative estimate of drug-likeness (QED) is 0.542. The van der Waals surface area contributed by atoms with Gasteiger partial charge < -0.3 is 20.9 Å². The maximum atomic E-state index is 12.4. The molecule has 4 N–H and O–H groups in total. The standard InChI is InChI=1S/C21H27N5O/c1-23-16-8-10-17(11-9-16)25-19-7-3-2-6-18(19)20(22)21(27)24-12-15-26-13-4-5-14-26/h2-3,6-11,22-23,25H,4-5,12-15H2,1H3,(H,24,27). The third-order valence-electron chi connectivity index (χ3n) is 4.79. The van der Waals surface area contributed by atoms with Gasteiger partial charge in [0.05, 0.1) is 0 Å². The molecule has 0 aliphatic carbocycles. The van der Waals surface area contributed by atoms with Gasteiger partial charge in [-0.15, -0.1) is 0 Å². The van der Waals surface area contributed by atoms with Gasteiger partial charge in [-0.1, -0.05) is 18.2 Å². The number of carbonyl (C=O) groups excluding carboxylic acids is 1. The van der Waals surface area contributed by atoms with Crippen LogP contribution in [0.2, 0.25) is 0 Å². The minimum atomic E-state index is -0.339. The number of hydrogen-bond acceptors (Lipinski definition) is 5. The average Bonchev–Trinajstić information content (AvgIpc) is 3.22. The Balaban J connectivity index is 1.62. The molecule has 6 heteroatoms. The average molecular weight is 365 g/mol. The SMILES string of the molecule is CNc1ccc(Nc2ccccc2C(=N)C(=O)NCCN2CCCC2)cc1. The predicted octanol–water partition coefficient (Wildman–Crippen LogP) is 3.05. The summed E-state index contributed by atoms with van der Waals surface area (Å²) < 4.78 is 0. The number of carbonyl (C=O) groups is 1. The largest absolute Gasteiger partial charge is 0.388 e. The zero-order chi connectivity index (χ0) is 19.1. The van der Waals surface area contributed by atoms with Crippen molar-refractivity contribution in [3.8, 4) is 0 Å². The Bertz CT molecular complexity index is 781. The fourth-order valence-electron chi connectivity index (χ4n) is 3.23. The van der Waals surface area contributed by atoms with E-state index in [0.29, 0.717) is 12.1 Å². The molecule has 0 spiro atoms. The second-order valence-corrected chi connectivity index (χ2v) is 6.68. The van der Waals surface area contributed by atoms with E-state index in [4.69, 9.17) is 5.41 Å². The van der Waals surface area contributed by atoms with Crippen molar-refractivity contribution in [2.45, 2.75) is 12.8 Å². The van der Waals surface area contributed by atoms with E-state index in [9.17, 15) is 4.79 Å². The van der Waals surface area contributed by atoms with Crippen molar-refractivity contribution < 1.29 is 4.79 Å². The summed E-state index contributed by atoms with van der Waals surface area (Å²) in [6.07, 6.45) is 2.47. The van der Waals surface area contributed by atoms with Gasteiger partial charge in [0.1, 0.15) is 5.71 Å². The molecule has 0 aromatic heterocycles. The van der Waals surface area contributed by atoms with E-state index in [1.54, 1.807) is 6.07 Å². The van der Waals surface area contributed by atoms with Crippen LogP contribution in [0.1, 0.15) is 18.4 Å². The number of anilines is 3. The summed E-state index contributed by atoms with van der Waals surface area (Å²) in [7, 11) is 1.88. The van der Waals surface area contributed by atoms with Crippen LogP contribution in [0.15, 0.2) is 48.5 Å². The number of rotatable bonds is 8. The Morgan fingerprint density at radius 2 is 1.70 bits per heavy atom. The highest BCUT2D eigenvalue weighted by molar-refractivity contribution is 6.45. The molecule has 1 fully saturated rings. The second kappa shape index (κ2) is 9.19. The van der Waals surface area contributed by atoms with Crippen molar-refractivity contribution in [2.75, 3.05) is 43.9 Å². The number of hydrogen-bond donors (Lipinski definition) is 4. The van der Waals surface area contributed by atoms with Crippen molar-refractivity contribution in [3.63, 3.8) is 0 Å². The summed E-state index contributed by atoms with van der Waals surface area (Å²) in [5, 5.41) is 17.6. The van der Waals surface area contributed by atoms with Gasteiger partial charge in [0.15, 0.2) is 0 Å². The van der Waals surface area contributed by atoms with Gasteiger partial charge in [-0.2, -0.15) is 0 Å². The molecule has 1 saturated heterocycles. The molecule has 142 valence electrons. The molecular formula is C21H27N5O. The lowest BCUT2D eigenvalue weighted by Crippen LogP contribution is -2.37. The van der Waals surface area contributed by atoms with Gasteiger partial charge in [-0.3, -0.25) is 10.2 Å². The third kappa shape index (κ3) is 5.08. The summed E-state index contributed by atoms with van der Waals surface area (Å²) in [6.45, 7) is 3.62. The van der Waals surface area contributed by atoms with Crippen molar-refractivity contribution >= 4 is 28.7 Å². The lowest BCUT2D eigenvalue weighted by atomic mass is 10.1. The van der Waals surface area contributed by atoms with Crippen LogP contribution in [0, 0.1) is 5.41 Å². The van der Waals surface area contributed by atoms with Gasteiger partial charge in [-0.05, 0) is 56.3 Å². The van der Waals surface area contributed by atoms with Crippen LogP contribution in [0.25, 0.3) is 0 Å². The van der Waals surface area contributed by atoms with Crippen LogP contribution in [0.5, 0.6) is 0 Å². The Morgan fingerprint density at radius 1 is 1.04 bits per heavy atom. The van der Waals surface area contributed by atoms with Crippen molar-refractivity contribution in [3.05, 3.63) is 54.1 Å². The van der Waals surface area contributed by atoms with Gasteiger partial charge in [-0.25, -0.2) is 0 Å². The lowest BCUT2D eigenvalue weighted by Gasteiger charge is -2.16. The van der Waals surface area contributed by atoms with Crippen LogP contribution in [-0.2, 0) is 4.79 Å². The fraction of sp³-hybridized carbons (Fsp3) is 0.333. The number of benzene rings is 2. The van der Waals surface area contributed by atoms with E-state index in [0.717, 1.165) is 36.7 Å². The number of para-hydroxylation sites is 1. The normalized spacial score (nSPS) is 14.0. The molecule has 1 heterocycles. The molecule has 0 atom stereocenters. The highest BCUT2D eigenvalue weighted by atomic mass is 16.1. The van der Waals surface area contributed by atoms with Crippen LogP contribution < -0.4 is 16.0 Å². The maximum absolute atomic E-state index is 12.4. The van der Waals surface area contributed by atoms with Crippen molar-refractivity contribution in [1.29, 1.82) is 5.41 Å². The molecule has 2 aromatic rings. The summed E-state index contributed by atoms with van der Waals surface area (Å²) >= 11 is 0. The van der Waals surface area contributed by atoms with E-state index in [1.807, 2.05) is 49.5 Å². The molecule has 27 heavy (non-hydrogen) atoms. The third-order valence-corrected chi connectivity index (χ3v) is 4.79. The highest BCUT2D eigenvalue weighted by Crippen LogP contribution is 2.22. The summed E-state index contributed by atoms with van der Waals surface area (Å²) in [4.78, 5) is 14.8. The van der Waals surface area contributed by atoms with Crippen LogP contribution in [-0.4, -0.2) is 49.7 Å². The molecule has 0 saturated carbocycles. The number of nitrogens with one attached hydrogen (secondary N) is 4. The fourth-order valence-corrected chi connectivity index (χ4v) is 3.23. The molecule has 6 nitrogen and oxygen atoms in total. The number of amides is 1. The first-order chi connectivity index (χ1) is 13.2. The van der Waals surface area contributed by atoms with E-state index < -0.39 is 0 Å². The maximum Gasteiger partial charge on any atom is 0.269 e. The van der Waals surface area contributed by atoms with E-state index in [1.165, 1.54) is 12.8 Å². The first-order valence-electron chi connectivity index (χ1n) is 9.41. The van der Waals surface area contributed by atoms with Gasteiger partial charge in [0.2, 0.25) is 0 Å². The minimum absolute atomic E-state index is 0.0219. The first-order valence-corrected chi connectivity index (χ1v) is 9.41. The summed E-state index contributed by atoms with van der Waals surface area (Å²) in [6, 6.07) is 15.3. The lowest BCUT2D eigenvalue weighted by molar-refractivity contribution is -0.114. The Morgan fingerprint density at radius 3 is 2.41 bits per heavy atom. The molecule has 0 radical (unpaired) electrons. The predicted molar refractivity (Wildman–Crippen MR) is 111 cm³/mol. The van der Waals surface area contributed by atoms with Crippen LogP contribution in [0.4, 0.5) is 17.1 Å². The van der Waals surface area contributed by atoms with Crippen LogP contribution in [0.3, 0.4) is 0 Å². The van der Waals surface area contributed by atoms with Crippen molar-refractivity contribution in [1.82, 2.24) is 10.2 Å². The molecule has 1 amide bonds. The Kier molecular flexibility index (Phi) is 6.44. The zero-order valence-electron chi connectivity index (χ0n) is 15.7. The highest BCUT2D eigenvalue weighted by Gasteiger charge is 2.16. The monoisotopic (exact) mass is 365 g/mol. The second-order valence-electron chi connectivity index (χ2n) is 6.68. The first kappa shape index (κ1) is 18.9. The van der Waals surface area contributed by atoms with E-state index in [-0.39, 0.29) is 11.6 Å². The zero-order valence-corrected chi connectivity index (χ0v) is 15.7. The number of likely N-dealkylation sites (tertiary alicyclic amines) is 1. The molecule has 1 aliphatic heterocycles. The Hall–Kier alpha value is -2.86. The smallest absolute Gasteiger partial charge is 0.269 e. The molecule has 1 aliphatic rings. The topological polar surface area (TPSA) is 80.2 Å². The number of nitrogens with zero attached hydrogens (tertiary/aromatic N) is 1. The molecular weight excluding hydrogens is 338 g/mol. The summed E-state index contributed by atoms with van der Waals surface area (Å²) in [5.74, 6) is -0.339. The molecule has 2 aromatic carbocycles. The van der Waals surface area contributed by atoms with Gasteiger partial charge in [0, 0.05) is 42.8 Å². The van der Waals surface area contributed by atoms with Crippen molar-refractivity contribution in [2.24, 2.45) is 0 Å². The van der Waals surface area contributed by atoms with E-state index >= 15 is 0 Å². The molecule has 3 rings (SSSR count). The minimum Gasteiger partial charge on any atom is -0.388 e.